The number of pyridine rings is 1. The van der Waals surface area contributed by atoms with Crippen molar-refractivity contribution in [3.63, 3.8) is 0 Å². The summed E-state index contributed by atoms with van der Waals surface area (Å²) in [5.41, 5.74) is 1.17. The molecule has 0 aliphatic carbocycles. The van der Waals surface area contributed by atoms with Gasteiger partial charge in [0.25, 0.3) is 0 Å². The van der Waals surface area contributed by atoms with Crippen molar-refractivity contribution in [2.45, 2.75) is 10.8 Å². The predicted octanol–water partition coefficient (Wildman–Crippen LogP) is 2.35. The molecule has 0 amide bonds. The second-order valence-corrected chi connectivity index (χ2v) is 4.83. The summed E-state index contributed by atoms with van der Waals surface area (Å²) in [5.74, 6) is 1.56. The smallest absolute Gasteiger partial charge is 0.175 e. The zero-order valence-corrected chi connectivity index (χ0v) is 10.9. The Morgan fingerprint density at radius 3 is 2.74 bits per heavy atom. The molecule has 0 atom stereocenters. The molecule has 0 spiro atoms. The van der Waals surface area contributed by atoms with Crippen LogP contribution >= 0.6 is 11.8 Å². The zero-order valence-electron chi connectivity index (χ0n) is 10.0. The summed E-state index contributed by atoms with van der Waals surface area (Å²) in [6, 6.07) is 9.69. The first-order valence-electron chi connectivity index (χ1n) is 5.77. The van der Waals surface area contributed by atoms with Gasteiger partial charge in [0.05, 0.1) is 0 Å². The second-order valence-electron chi connectivity index (χ2n) is 3.83. The highest BCUT2D eigenvalue weighted by molar-refractivity contribution is 7.98. The third-order valence-corrected chi connectivity index (χ3v) is 3.47. The van der Waals surface area contributed by atoms with Gasteiger partial charge in [-0.1, -0.05) is 17.8 Å². The van der Waals surface area contributed by atoms with Gasteiger partial charge in [0.2, 0.25) is 0 Å². The minimum absolute atomic E-state index is 0.718. The third-order valence-electron chi connectivity index (χ3n) is 2.47. The maximum absolute atomic E-state index is 4.18. The number of hydrogen-bond acceptors (Lipinski definition) is 5. The molecule has 3 aromatic rings. The molecule has 0 N–H and O–H groups in total. The summed E-state index contributed by atoms with van der Waals surface area (Å²) < 4.78 is 1.68. The normalized spacial score (nSPS) is 10.5. The quantitative estimate of drug-likeness (QED) is 0.680. The fourth-order valence-corrected chi connectivity index (χ4v) is 2.31. The van der Waals surface area contributed by atoms with Gasteiger partial charge in [-0.3, -0.25) is 4.98 Å². The summed E-state index contributed by atoms with van der Waals surface area (Å²) in [7, 11) is 0. The first-order valence-corrected chi connectivity index (χ1v) is 6.76. The predicted molar refractivity (Wildman–Crippen MR) is 73.0 cm³/mol. The summed E-state index contributed by atoms with van der Waals surface area (Å²) in [6.07, 6.45) is 7.19. The molecule has 5 nitrogen and oxygen atoms in total. The highest BCUT2D eigenvalue weighted by Gasteiger charge is 2.01. The molecule has 3 aromatic heterocycles. The lowest BCUT2D eigenvalue weighted by Crippen LogP contribution is -1.99. The van der Waals surface area contributed by atoms with Crippen molar-refractivity contribution >= 4 is 11.8 Å². The van der Waals surface area contributed by atoms with Crippen LogP contribution in [-0.2, 0) is 5.75 Å². The molecule has 0 saturated carbocycles. The number of aromatic nitrogens is 5. The van der Waals surface area contributed by atoms with Crippen molar-refractivity contribution in [3.8, 4) is 5.82 Å². The van der Waals surface area contributed by atoms with Crippen molar-refractivity contribution in [3.05, 3.63) is 60.7 Å². The van der Waals surface area contributed by atoms with E-state index in [0.29, 0.717) is 0 Å². The molecule has 0 bridgehead atoms. The van der Waals surface area contributed by atoms with Gasteiger partial charge in [0.1, 0.15) is 5.03 Å². The Balaban J connectivity index is 1.67. The van der Waals surface area contributed by atoms with Crippen LogP contribution in [0.1, 0.15) is 5.56 Å². The number of nitrogens with zero attached hydrogens (tertiary/aromatic N) is 5. The van der Waals surface area contributed by atoms with Crippen molar-refractivity contribution in [2.24, 2.45) is 0 Å². The van der Waals surface area contributed by atoms with Crippen molar-refractivity contribution in [1.82, 2.24) is 25.0 Å². The number of hydrogen-bond donors (Lipinski definition) is 0. The van der Waals surface area contributed by atoms with E-state index < -0.39 is 0 Å². The number of rotatable bonds is 4. The Bertz CT molecular complexity index is 622. The topological polar surface area (TPSA) is 56.5 Å². The molecule has 19 heavy (non-hydrogen) atoms. The van der Waals surface area contributed by atoms with Crippen LogP contribution in [0.15, 0.2) is 60.1 Å². The van der Waals surface area contributed by atoms with Crippen LogP contribution in [-0.4, -0.2) is 25.0 Å². The van der Waals surface area contributed by atoms with Gasteiger partial charge >= 0.3 is 0 Å². The lowest BCUT2D eigenvalue weighted by Gasteiger charge is -2.02. The van der Waals surface area contributed by atoms with Gasteiger partial charge in [-0.15, -0.1) is 10.2 Å². The van der Waals surface area contributed by atoms with Crippen LogP contribution < -0.4 is 0 Å². The summed E-state index contributed by atoms with van der Waals surface area (Å²) in [6.45, 7) is 0. The molecule has 0 unspecified atom stereocenters. The molecule has 0 aromatic carbocycles. The molecule has 0 aliphatic rings. The monoisotopic (exact) mass is 269 g/mol. The molecule has 94 valence electrons. The Labute approximate surface area is 114 Å². The fraction of sp³-hybridized carbons (Fsp3) is 0.0769. The van der Waals surface area contributed by atoms with Gasteiger partial charge < -0.3 is 0 Å². The lowest BCUT2D eigenvalue weighted by molar-refractivity contribution is 0.792. The average molecular weight is 269 g/mol. The van der Waals surface area contributed by atoms with Crippen LogP contribution in [0.5, 0.6) is 0 Å². The molecule has 6 heteroatoms. The van der Waals surface area contributed by atoms with E-state index in [4.69, 9.17) is 0 Å². The van der Waals surface area contributed by atoms with E-state index in [1.54, 1.807) is 28.8 Å². The molecule has 3 rings (SSSR count). The average Bonchev–Trinajstić information content (AvgIpc) is 3.01. The molecular formula is C13H11N5S. The Kier molecular flexibility index (Phi) is 3.51. The van der Waals surface area contributed by atoms with Gasteiger partial charge in [0.15, 0.2) is 5.82 Å². The molecule has 3 heterocycles. The second kappa shape index (κ2) is 5.62. The lowest BCUT2D eigenvalue weighted by atomic mass is 10.3. The molecule has 0 radical (unpaired) electrons. The van der Waals surface area contributed by atoms with Crippen LogP contribution in [0.25, 0.3) is 5.82 Å². The summed E-state index contributed by atoms with van der Waals surface area (Å²) in [5, 5.41) is 13.3. The van der Waals surface area contributed by atoms with Crippen LogP contribution in [0, 0.1) is 0 Å². The minimum Gasteiger partial charge on any atom is -0.264 e. The molecule has 0 aliphatic heterocycles. The van der Waals surface area contributed by atoms with E-state index in [1.807, 2.05) is 42.7 Å². The van der Waals surface area contributed by atoms with Crippen LogP contribution in [0.3, 0.4) is 0 Å². The fourth-order valence-electron chi connectivity index (χ4n) is 1.56. The van der Waals surface area contributed by atoms with Gasteiger partial charge in [-0.25, -0.2) is 4.68 Å². The van der Waals surface area contributed by atoms with Crippen molar-refractivity contribution in [1.29, 1.82) is 0 Å². The van der Waals surface area contributed by atoms with E-state index in [-0.39, 0.29) is 0 Å². The maximum Gasteiger partial charge on any atom is 0.175 e. The Morgan fingerprint density at radius 2 is 2.05 bits per heavy atom. The standard InChI is InChI=1S/C13H11N5S/c1-3-11(9-14-6-1)10-19-13-5-4-12(16-17-13)18-8-2-7-15-18/h1-9H,10H2. The molecular weight excluding hydrogens is 258 g/mol. The molecule has 0 fully saturated rings. The van der Waals surface area contributed by atoms with Gasteiger partial charge in [-0.2, -0.15) is 5.10 Å². The van der Waals surface area contributed by atoms with E-state index >= 15 is 0 Å². The minimum atomic E-state index is 0.718. The van der Waals surface area contributed by atoms with Gasteiger partial charge in [0, 0.05) is 30.5 Å². The first-order chi connectivity index (χ1) is 9.42. The van der Waals surface area contributed by atoms with E-state index in [1.165, 1.54) is 5.56 Å². The van der Waals surface area contributed by atoms with Gasteiger partial charge in [-0.05, 0) is 29.8 Å². The first kappa shape index (κ1) is 11.9. The summed E-state index contributed by atoms with van der Waals surface area (Å²) in [4.78, 5) is 4.08. The molecule has 0 saturated heterocycles. The van der Waals surface area contributed by atoms with E-state index in [9.17, 15) is 0 Å². The van der Waals surface area contributed by atoms with E-state index in [0.717, 1.165) is 16.6 Å². The third kappa shape index (κ3) is 2.97. The van der Waals surface area contributed by atoms with Crippen LogP contribution in [0.4, 0.5) is 0 Å². The maximum atomic E-state index is 4.18. The largest absolute Gasteiger partial charge is 0.264 e. The number of thioether (sulfide) groups is 1. The highest BCUT2D eigenvalue weighted by Crippen LogP contribution is 2.19. The van der Waals surface area contributed by atoms with E-state index in [2.05, 4.69) is 20.3 Å². The Hall–Kier alpha value is -2.21. The Morgan fingerprint density at radius 1 is 1.05 bits per heavy atom. The SMILES string of the molecule is c1cncc(CSc2ccc(-n3cccn3)nn2)c1. The van der Waals surface area contributed by atoms with Crippen molar-refractivity contribution in [2.75, 3.05) is 0 Å². The zero-order chi connectivity index (χ0) is 12.9. The van der Waals surface area contributed by atoms with Crippen molar-refractivity contribution < 1.29 is 0 Å². The highest BCUT2D eigenvalue weighted by atomic mass is 32.2. The summed E-state index contributed by atoms with van der Waals surface area (Å²) >= 11 is 1.64. The van der Waals surface area contributed by atoms with Crippen LogP contribution in [0.2, 0.25) is 0 Å².